The Hall–Kier alpha value is -3.17. The van der Waals surface area contributed by atoms with Crippen molar-refractivity contribution in [1.29, 1.82) is 0 Å². The van der Waals surface area contributed by atoms with Gasteiger partial charge in [-0.25, -0.2) is 18.1 Å². The number of ether oxygens (including phenoxy) is 1. The predicted octanol–water partition coefficient (Wildman–Crippen LogP) is 4.05. The number of rotatable bonds is 9. The molecule has 176 valence electrons. The van der Waals surface area contributed by atoms with E-state index < -0.39 is 15.4 Å². The van der Waals surface area contributed by atoms with Crippen LogP contribution < -0.4 is 15.2 Å². The summed E-state index contributed by atoms with van der Waals surface area (Å²) in [6, 6.07) is 15.4. The summed E-state index contributed by atoms with van der Waals surface area (Å²) in [5, 5.41) is 9.54. The van der Waals surface area contributed by atoms with Gasteiger partial charge in [-0.1, -0.05) is 58.0 Å². The summed E-state index contributed by atoms with van der Waals surface area (Å²) in [5.41, 5.74) is 8.01. The van der Waals surface area contributed by atoms with Crippen LogP contribution in [0, 0.1) is 5.41 Å². The number of benzene rings is 2. The fourth-order valence-corrected chi connectivity index (χ4v) is 4.09. The zero-order valence-corrected chi connectivity index (χ0v) is 20.1. The van der Waals surface area contributed by atoms with Gasteiger partial charge in [0.05, 0.1) is 23.8 Å². The van der Waals surface area contributed by atoms with E-state index in [1.165, 1.54) is 12.1 Å². The summed E-state index contributed by atoms with van der Waals surface area (Å²) in [7, 11) is -3.98. The number of hydrogen-bond acceptors (Lipinski definition) is 7. The largest absolute Gasteiger partial charge is 0.477 e. The van der Waals surface area contributed by atoms with Crippen LogP contribution in [0.4, 0.5) is 11.6 Å². The summed E-state index contributed by atoms with van der Waals surface area (Å²) < 4.78 is 34.1. The molecule has 8 nitrogen and oxygen atoms in total. The van der Waals surface area contributed by atoms with E-state index in [0.29, 0.717) is 11.4 Å². The summed E-state index contributed by atoms with van der Waals surface area (Å²) in [6.07, 6.45) is 0. The van der Waals surface area contributed by atoms with Gasteiger partial charge in [0.1, 0.15) is 0 Å². The van der Waals surface area contributed by atoms with Crippen LogP contribution in [0.25, 0.3) is 11.3 Å². The number of nitrogens with two attached hydrogens (primary N) is 1. The number of nitrogen functional groups attached to an aromatic ring is 1. The molecule has 0 spiro atoms. The maximum absolute atomic E-state index is 12.9. The van der Waals surface area contributed by atoms with Crippen molar-refractivity contribution in [3.63, 3.8) is 0 Å². The van der Waals surface area contributed by atoms with Crippen molar-refractivity contribution in [3.8, 4) is 17.1 Å². The zero-order valence-electron chi connectivity index (χ0n) is 19.2. The average Bonchev–Trinajstić information content (AvgIpc) is 2.77. The Morgan fingerprint density at radius 2 is 1.82 bits per heavy atom. The molecular weight excluding hydrogens is 440 g/mol. The predicted molar refractivity (Wildman–Crippen MR) is 130 cm³/mol. The number of aromatic nitrogens is 2. The molecular formula is C24H30N4O4S. The van der Waals surface area contributed by atoms with E-state index >= 15 is 0 Å². The molecule has 3 aromatic rings. The number of nitrogens with zero attached hydrogens (tertiary/aromatic N) is 2. The Labute approximate surface area is 194 Å². The Bertz CT molecular complexity index is 1230. The Morgan fingerprint density at radius 3 is 2.48 bits per heavy atom. The van der Waals surface area contributed by atoms with E-state index in [9.17, 15) is 13.5 Å². The van der Waals surface area contributed by atoms with Gasteiger partial charge in [0.15, 0.2) is 0 Å². The highest BCUT2D eigenvalue weighted by molar-refractivity contribution is 7.92. The van der Waals surface area contributed by atoms with Crippen LogP contribution in [-0.2, 0) is 10.0 Å². The lowest BCUT2D eigenvalue weighted by Gasteiger charge is -2.22. The third-order valence-corrected chi connectivity index (χ3v) is 6.32. The number of aliphatic hydroxyl groups is 1. The highest BCUT2D eigenvalue weighted by Crippen LogP contribution is 2.31. The van der Waals surface area contributed by atoms with E-state index in [1.54, 1.807) is 18.2 Å². The normalized spacial score (nSPS) is 12.1. The molecule has 9 heteroatoms. The van der Waals surface area contributed by atoms with Crippen LogP contribution in [0.1, 0.15) is 39.2 Å². The molecule has 0 fully saturated rings. The molecule has 0 aliphatic carbocycles. The van der Waals surface area contributed by atoms with Gasteiger partial charge in [-0.05, 0) is 29.7 Å². The summed E-state index contributed by atoms with van der Waals surface area (Å²) in [5.74, 6) is 0.303. The monoisotopic (exact) mass is 470 g/mol. The third-order valence-electron chi connectivity index (χ3n) is 4.99. The second-order valence-electron chi connectivity index (χ2n) is 8.95. The number of nitrogens with one attached hydrogen (secondary N) is 1. The Morgan fingerprint density at radius 1 is 1.09 bits per heavy atom. The fraction of sp³-hybridized carbons (Fsp3) is 0.333. The average molecular weight is 471 g/mol. The minimum absolute atomic E-state index is 0.00275. The number of hydrogen-bond donors (Lipinski definition) is 3. The second-order valence-corrected chi connectivity index (χ2v) is 10.6. The summed E-state index contributed by atoms with van der Waals surface area (Å²) in [6.45, 7) is 7.97. The molecule has 0 saturated heterocycles. The molecule has 1 heterocycles. The molecule has 33 heavy (non-hydrogen) atoms. The molecule has 4 N–H and O–H groups in total. The molecule has 0 bridgehead atoms. The Balaban J connectivity index is 2.06. The van der Waals surface area contributed by atoms with Crippen LogP contribution in [0.15, 0.2) is 59.5 Å². The van der Waals surface area contributed by atoms with E-state index in [4.69, 9.17) is 10.5 Å². The molecule has 0 aliphatic rings. The van der Waals surface area contributed by atoms with Gasteiger partial charge in [-0.15, -0.1) is 0 Å². The van der Waals surface area contributed by atoms with Crippen molar-refractivity contribution in [2.45, 2.75) is 38.5 Å². The molecule has 0 atom stereocenters. The van der Waals surface area contributed by atoms with Crippen molar-refractivity contribution in [2.75, 3.05) is 23.7 Å². The first-order chi connectivity index (χ1) is 15.5. The first-order valence-corrected chi connectivity index (χ1v) is 12.1. The lowest BCUT2D eigenvalue weighted by atomic mass is 9.95. The highest BCUT2D eigenvalue weighted by atomic mass is 32.2. The lowest BCUT2D eigenvalue weighted by Crippen LogP contribution is -2.25. The number of sulfonamides is 1. The maximum Gasteiger partial charge on any atom is 0.264 e. The standard InChI is InChI=1S/C24H30N4O4S/c1-16(2)19-10-5-6-11-20(19)21-13-22(32-15-24(3,4)14-29)27-23(26-21)28-33(30,31)18-9-7-8-17(25)12-18/h5-13,16,29H,14-15,25H2,1-4H3,(H,26,27,28). The van der Waals surface area contributed by atoms with Crippen molar-refractivity contribution in [1.82, 2.24) is 9.97 Å². The smallest absolute Gasteiger partial charge is 0.264 e. The lowest BCUT2D eigenvalue weighted by molar-refractivity contribution is 0.0952. The van der Waals surface area contributed by atoms with Crippen molar-refractivity contribution < 1.29 is 18.3 Å². The summed E-state index contributed by atoms with van der Waals surface area (Å²) >= 11 is 0. The molecule has 3 rings (SSSR count). The van der Waals surface area contributed by atoms with Gasteiger partial charge in [0, 0.05) is 22.7 Å². The SMILES string of the molecule is CC(C)c1ccccc1-c1cc(OCC(C)(C)CO)nc(NS(=O)(=O)c2cccc(N)c2)n1. The molecule has 0 saturated carbocycles. The topological polar surface area (TPSA) is 127 Å². The van der Waals surface area contributed by atoms with Gasteiger partial charge >= 0.3 is 0 Å². The minimum atomic E-state index is -3.98. The minimum Gasteiger partial charge on any atom is -0.477 e. The molecule has 0 amide bonds. The number of anilines is 2. The first-order valence-electron chi connectivity index (χ1n) is 10.6. The first kappa shape index (κ1) is 24.5. The zero-order chi connectivity index (χ0) is 24.2. The third kappa shape index (κ3) is 6.21. The van der Waals surface area contributed by atoms with Crippen molar-refractivity contribution in [2.24, 2.45) is 5.41 Å². The van der Waals surface area contributed by atoms with Crippen LogP contribution >= 0.6 is 0 Å². The van der Waals surface area contributed by atoms with Crippen LogP contribution in [-0.4, -0.2) is 36.7 Å². The fourth-order valence-electron chi connectivity index (χ4n) is 3.09. The van der Waals surface area contributed by atoms with E-state index in [2.05, 4.69) is 28.5 Å². The van der Waals surface area contributed by atoms with Crippen LogP contribution in [0.2, 0.25) is 0 Å². The quantitative estimate of drug-likeness (QED) is 0.403. The number of aliphatic hydroxyl groups excluding tert-OH is 1. The van der Waals surface area contributed by atoms with Gasteiger partial charge in [-0.2, -0.15) is 4.98 Å². The Kier molecular flexibility index (Phi) is 7.24. The van der Waals surface area contributed by atoms with Gasteiger partial charge in [0.2, 0.25) is 11.8 Å². The van der Waals surface area contributed by atoms with E-state index in [0.717, 1.165) is 11.1 Å². The summed E-state index contributed by atoms with van der Waals surface area (Å²) in [4.78, 5) is 8.75. The van der Waals surface area contributed by atoms with Crippen molar-refractivity contribution >= 4 is 21.7 Å². The van der Waals surface area contributed by atoms with Crippen molar-refractivity contribution in [3.05, 3.63) is 60.2 Å². The maximum atomic E-state index is 12.9. The molecule has 2 aromatic carbocycles. The molecule has 0 radical (unpaired) electrons. The van der Waals surface area contributed by atoms with Crippen LogP contribution in [0.3, 0.4) is 0 Å². The molecule has 0 unspecified atom stereocenters. The van der Waals surface area contributed by atoms with Gasteiger partial charge in [-0.3, -0.25) is 0 Å². The second kappa shape index (κ2) is 9.76. The van der Waals surface area contributed by atoms with Gasteiger partial charge < -0.3 is 15.6 Å². The molecule has 0 aliphatic heterocycles. The van der Waals surface area contributed by atoms with E-state index in [1.807, 2.05) is 38.1 Å². The van der Waals surface area contributed by atoms with E-state index in [-0.39, 0.29) is 35.9 Å². The van der Waals surface area contributed by atoms with Gasteiger partial charge in [0.25, 0.3) is 10.0 Å². The highest BCUT2D eigenvalue weighted by Gasteiger charge is 2.21. The van der Waals surface area contributed by atoms with Crippen LogP contribution in [0.5, 0.6) is 5.88 Å². The molecule has 1 aromatic heterocycles.